The van der Waals surface area contributed by atoms with Crippen molar-refractivity contribution < 1.29 is 38.2 Å². The summed E-state index contributed by atoms with van der Waals surface area (Å²) in [5.41, 5.74) is -0.0716. The van der Waals surface area contributed by atoms with Gasteiger partial charge in [0, 0.05) is 19.1 Å². The molecule has 4 N–H and O–H groups in total. The summed E-state index contributed by atoms with van der Waals surface area (Å²) in [6.07, 6.45) is 3.62. The van der Waals surface area contributed by atoms with E-state index in [-0.39, 0.29) is 41.6 Å². The van der Waals surface area contributed by atoms with E-state index in [9.17, 15) is 33.5 Å². The standard InChI is InChI=1S/C29H31FN4O7S/c1-3-23-27(38)34-24(14-18-7-10-20(36)11-8-18)29(40)41-21(6-4-5-13-42-17(2)35)15-25(37)31-16-19-9-12-22(30)26(32-19)28(39)33-23/h3-4,6-12,21,24,36H,5,13-16H2,1-2H3,(H,31,37)(H,33,39)(H,34,38)/b6-4+,23-3-/t21-,24+/m1/s1. The number of rotatable bonds is 6. The minimum atomic E-state index is -1.27. The molecule has 2 atom stereocenters. The lowest BCUT2D eigenvalue weighted by atomic mass is 10.1. The number of amides is 3. The molecule has 1 aliphatic heterocycles. The number of fused-ring (bicyclic) bond motifs is 2. The highest BCUT2D eigenvalue weighted by Gasteiger charge is 2.28. The van der Waals surface area contributed by atoms with E-state index in [4.69, 9.17) is 4.74 Å². The summed E-state index contributed by atoms with van der Waals surface area (Å²) in [5, 5.41) is 17.1. The zero-order chi connectivity index (χ0) is 30.6. The van der Waals surface area contributed by atoms with Gasteiger partial charge >= 0.3 is 5.97 Å². The summed E-state index contributed by atoms with van der Waals surface area (Å²) in [6, 6.07) is 7.02. The van der Waals surface area contributed by atoms with Crippen LogP contribution in [0.3, 0.4) is 0 Å². The molecule has 0 saturated carbocycles. The number of phenolic OH excluding ortho intramolecular Hbond substituents is 1. The average molecular weight is 599 g/mol. The van der Waals surface area contributed by atoms with Crippen LogP contribution in [0, 0.1) is 5.82 Å². The summed E-state index contributed by atoms with van der Waals surface area (Å²) in [4.78, 5) is 67.3. The first-order valence-corrected chi connectivity index (χ1v) is 14.0. The van der Waals surface area contributed by atoms with Crippen LogP contribution in [0.1, 0.15) is 48.4 Å². The number of carbonyl (C=O) groups excluding carboxylic acids is 5. The quantitative estimate of drug-likeness (QED) is 0.169. The van der Waals surface area contributed by atoms with E-state index >= 15 is 0 Å². The van der Waals surface area contributed by atoms with Crippen LogP contribution in [0.2, 0.25) is 0 Å². The number of carbonyl (C=O) groups is 5. The number of allylic oxidation sites excluding steroid dienone is 2. The highest BCUT2D eigenvalue weighted by molar-refractivity contribution is 8.13. The lowest BCUT2D eigenvalue weighted by molar-refractivity contribution is -0.151. The van der Waals surface area contributed by atoms with Crippen LogP contribution in [-0.4, -0.2) is 56.8 Å². The van der Waals surface area contributed by atoms with Crippen molar-refractivity contribution >= 4 is 40.6 Å². The number of hydrogen-bond donors (Lipinski definition) is 4. The molecule has 222 valence electrons. The van der Waals surface area contributed by atoms with Gasteiger partial charge in [0.15, 0.2) is 16.6 Å². The van der Waals surface area contributed by atoms with Gasteiger partial charge in [0.25, 0.3) is 11.8 Å². The Morgan fingerprint density at radius 1 is 1.14 bits per heavy atom. The van der Waals surface area contributed by atoms with Crippen LogP contribution < -0.4 is 16.0 Å². The van der Waals surface area contributed by atoms with Crippen LogP contribution in [0.15, 0.2) is 60.3 Å². The molecule has 1 aliphatic rings. The maximum absolute atomic E-state index is 14.5. The Morgan fingerprint density at radius 2 is 1.88 bits per heavy atom. The second-order valence-corrected chi connectivity index (χ2v) is 10.5. The summed E-state index contributed by atoms with van der Waals surface area (Å²) in [6.45, 7) is 2.79. The van der Waals surface area contributed by atoms with E-state index in [0.29, 0.717) is 17.7 Å². The number of hydrogen-bond acceptors (Lipinski definition) is 9. The largest absolute Gasteiger partial charge is 0.508 e. The van der Waals surface area contributed by atoms with Crippen molar-refractivity contribution in [2.45, 2.75) is 51.8 Å². The van der Waals surface area contributed by atoms with Gasteiger partial charge in [-0.1, -0.05) is 36.0 Å². The summed E-state index contributed by atoms with van der Waals surface area (Å²) in [5.74, 6) is -3.65. The average Bonchev–Trinajstić information content (AvgIpc) is 2.95. The van der Waals surface area contributed by atoms with E-state index in [1.54, 1.807) is 18.2 Å². The number of benzene rings is 1. The monoisotopic (exact) mass is 598 g/mol. The number of nitrogens with one attached hydrogen (secondary N) is 3. The number of aromatic nitrogens is 1. The SMILES string of the molecule is C/C=C1\NC(=O)c2nc(ccc2F)CNC(=O)C[C@@H](/C=C/CCSC(C)=O)OC(=O)[C@H](Cc2ccc(O)cc2)NC1=O. The molecule has 1 aromatic carbocycles. The molecule has 13 heteroatoms. The molecule has 3 rings (SSSR count). The number of cyclic esters (lactones) is 1. The molecule has 0 radical (unpaired) electrons. The molecule has 3 amide bonds. The van der Waals surface area contributed by atoms with Crippen molar-refractivity contribution in [3.05, 3.63) is 83.1 Å². The Bertz CT molecular complexity index is 1390. The van der Waals surface area contributed by atoms with Crippen molar-refractivity contribution in [1.29, 1.82) is 0 Å². The summed E-state index contributed by atoms with van der Waals surface area (Å²) < 4.78 is 20.1. The fourth-order valence-electron chi connectivity index (χ4n) is 3.82. The third-order valence-electron chi connectivity index (χ3n) is 5.93. The molecule has 0 saturated heterocycles. The van der Waals surface area contributed by atoms with Crippen molar-refractivity contribution in [2.75, 3.05) is 5.75 Å². The molecule has 2 heterocycles. The number of esters is 1. The van der Waals surface area contributed by atoms with E-state index in [1.807, 2.05) is 0 Å². The number of ether oxygens (including phenoxy) is 1. The van der Waals surface area contributed by atoms with Crippen molar-refractivity contribution in [3.8, 4) is 5.75 Å². The second-order valence-electron chi connectivity index (χ2n) is 9.20. The number of aromatic hydroxyl groups is 1. The molecule has 0 aliphatic carbocycles. The highest BCUT2D eigenvalue weighted by Crippen LogP contribution is 2.15. The number of pyridine rings is 1. The van der Waals surface area contributed by atoms with Crippen molar-refractivity contribution in [3.63, 3.8) is 0 Å². The molecule has 2 aromatic rings. The first-order valence-electron chi connectivity index (χ1n) is 13.0. The van der Waals surface area contributed by atoms with Crippen molar-refractivity contribution in [1.82, 2.24) is 20.9 Å². The fourth-order valence-corrected chi connectivity index (χ4v) is 4.36. The normalized spacial score (nSPS) is 19.6. The van der Waals surface area contributed by atoms with E-state index in [2.05, 4.69) is 20.9 Å². The molecule has 0 spiro atoms. The van der Waals surface area contributed by atoms with Crippen LogP contribution >= 0.6 is 11.8 Å². The summed E-state index contributed by atoms with van der Waals surface area (Å²) >= 11 is 1.13. The Kier molecular flexibility index (Phi) is 11.8. The van der Waals surface area contributed by atoms with Crippen LogP contribution in [-0.2, 0) is 36.9 Å². The highest BCUT2D eigenvalue weighted by atomic mass is 32.2. The predicted molar refractivity (Wildman–Crippen MR) is 152 cm³/mol. The molecule has 2 bridgehead atoms. The Hall–Kier alpha value is -4.52. The van der Waals surface area contributed by atoms with Gasteiger partial charge in [-0.2, -0.15) is 0 Å². The zero-order valence-corrected chi connectivity index (χ0v) is 23.8. The second kappa shape index (κ2) is 15.5. The first-order chi connectivity index (χ1) is 20.0. The lowest BCUT2D eigenvalue weighted by Gasteiger charge is -2.22. The van der Waals surface area contributed by atoms with Gasteiger partial charge in [0.05, 0.1) is 18.7 Å². The Morgan fingerprint density at radius 3 is 2.57 bits per heavy atom. The Labute approximate surface area is 246 Å². The van der Waals surface area contributed by atoms with Gasteiger partial charge < -0.3 is 25.8 Å². The van der Waals surface area contributed by atoms with E-state index in [1.165, 1.54) is 44.2 Å². The lowest BCUT2D eigenvalue weighted by Crippen LogP contribution is -2.47. The maximum Gasteiger partial charge on any atom is 0.329 e. The van der Waals surface area contributed by atoms with Gasteiger partial charge in [-0.25, -0.2) is 14.2 Å². The predicted octanol–water partition coefficient (Wildman–Crippen LogP) is 2.45. The first kappa shape index (κ1) is 32.0. The molecule has 0 unspecified atom stereocenters. The molecule has 0 fully saturated rings. The zero-order valence-electron chi connectivity index (χ0n) is 23.0. The van der Waals surface area contributed by atoms with Gasteiger partial charge in [-0.05, 0) is 49.2 Å². The van der Waals surface area contributed by atoms with Crippen LogP contribution in [0.4, 0.5) is 4.39 Å². The van der Waals surface area contributed by atoms with E-state index < -0.39 is 47.3 Å². The molecular formula is C29H31FN4O7S. The van der Waals surface area contributed by atoms with Gasteiger partial charge in [0.2, 0.25) is 5.91 Å². The Balaban J connectivity index is 1.95. The molecule has 1 aromatic heterocycles. The van der Waals surface area contributed by atoms with Gasteiger partial charge in [-0.15, -0.1) is 0 Å². The minimum Gasteiger partial charge on any atom is -0.508 e. The van der Waals surface area contributed by atoms with E-state index in [0.717, 1.165) is 17.8 Å². The van der Waals surface area contributed by atoms with Crippen molar-refractivity contribution in [2.24, 2.45) is 0 Å². The smallest absolute Gasteiger partial charge is 0.329 e. The minimum absolute atomic E-state index is 0.00586. The van der Waals surface area contributed by atoms with Gasteiger partial charge in [0.1, 0.15) is 23.6 Å². The third-order valence-corrected chi connectivity index (χ3v) is 6.77. The summed E-state index contributed by atoms with van der Waals surface area (Å²) in [7, 11) is 0. The number of thioether (sulfide) groups is 1. The number of phenols is 1. The maximum atomic E-state index is 14.5. The fraction of sp³-hybridized carbons (Fsp3) is 0.310. The van der Waals surface area contributed by atoms with Crippen LogP contribution in [0.5, 0.6) is 5.75 Å². The third kappa shape index (κ3) is 9.84. The molecular weight excluding hydrogens is 567 g/mol. The number of halogens is 1. The number of nitrogens with zero attached hydrogens (tertiary/aromatic N) is 1. The van der Waals surface area contributed by atoms with Crippen LogP contribution in [0.25, 0.3) is 0 Å². The topological polar surface area (TPSA) is 164 Å². The molecule has 11 nitrogen and oxygen atoms in total. The molecule has 42 heavy (non-hydrogen) atoms. The van der Waals surface area contributed by atoms with Gasteiger partial charge in [-0.3, -0.25) is 19.2 Å².